The summed E-state index contributed by atoms with van der Waals surface area (Å²) in [5.41, 5.74) is 3.66. The van der Waals surface area contributed by atoms with E-state index in [2.05, 4.69) is 46.4 Å². The number of pyridine rings is 1. The Morgan fingerprint density at radius 2 is 2.04 bits per heavy atom. The number of hydrogen-bond acceptors (Lipinski definition) is 3. The van der Waals surface area contributed by atoms with Crippen molar-refractivity contribution < 1.29 is 4.74 Å². The predicted octanol–water partition coefficient (Wildman–Crippen LogP) is 4.01. The van der Waals surface area contributed by atoms with E-state index in [-0.39, 0.29) is 24.0 Å². The van der Waals surface area contributed by atoms with Gasteiger partial charge < -0.3 is 15.0 Å². The Morgan fingerprint density at radius 1 is 1.25 bits per heavy atom. The summed E-state index contributed by atoms with van der Waals surface area (Å²) in [6, 6.07) is 12.7. The van der Waals surface area contributed by atoms with E-state index in [4.69, 9.17) is 9.73 Å². The molecule has 0 bridgehead atoms. The lowest BCUT2D eigenvalue weighted by molar-refractivity contribution is 0.414. The summed E-state index contributed by atoms with van der Waals surface area (Å²) in [5.74, 6) is 2.48. The largest absolute Gasteiger partial charge is 0.497 e. The maximum absolute atomic E-state index is 5.27. The number of rotatable bonds is 6. The Hall–Kier alpha value is -1.83. The Balaban J connectivity index is 0.00000280. The first-order chi connectivity index (χ1) is 13.2. The molecule has 1 unspecified atom stereocenters. The lowest BCUT2D eigenvalue weighted by Crippen LogP contribution is -2.40. The van der Waals surface area contributed by atoms with Crippen LogP contribution in [0.2, 0.25) is 0 Å². The summed E-state index contributed by atoms with van der Waals surface area (Å²) < 4.78 is 5.27. The van der Waals surface area contributed by atoms with Gasteiger partial charge in [-0.2, -0.15) is 0 Å². The molecule has 0 spiro atoms. The van der Waals surface area contributed by atoms with Crippen LogP contribution >= 0.6 is 24.0 Å². The summed E-state index contributed by atoms with van der Waals surface area (Å²) >= 11 is 0. The van der Waals surface area contributed by atoms with Crippen LogP contribution in [0.4, 0.5) is 0 Å². The number of aliphatic imine (C=N–C) groups is 1. The van der Waals surface area contributed by atoms with E-state index in [0.717, 1.165) is 56.4 Å². The van der Waals surface area contributed by atoms with Crippen molar-refractivity contribution in [1.29, 1.82) is 0 Å². The van der Waals surface area contributed by atoms with Gasteiger partial charge >= 0.3 is 0 Å². The number of halogens is 1. The lowest BCUT2D eigenvalue weighted by Gasteiger charge is -2.22. The number of benzene rings is 1. The van der Waals surface area contributed by atoms with Gasteiger partial charge in [-0.15, -0.1) is 24.0 Å². The monoisotopic (exact) mass is 494 g/mol. The van der Waals surface area contributed by atoms with Gasteiger partial charge in [-0.05, 0) is 56.0 Å². The molecule has 2 heterocycles. The van der Waals surface area contributed by atoms with Gasteiger partial charge in [0.2, 0.25) is 0 Å². The molecule has 152 valence electrons. The third-order valence-electron chi connectivity index (χ3n) is 5.04. The molecule has 1 fully saturated rings. The van der Waals surface area contributed by atoms with Crippen LogP contribution in [0.25, 0.3) is 0 Å². The minimum atomic E-state index is 0. The van der Waals surface area contributed by atoms with E-state index in [0.29, 0.717) is 5.92 Å². The molecule has 1 saturated heterocycles. The van der Waals surface area contributed by atoms with Crippen LogP contribution in [0.15, 0.2) is 47.6 Å². The summed E-state index contributed by atoms with van der Waals surface area (Å²) in [4.78, 5) is 11.6. The van der Waals surface area contributed by atoms with Crippen LogP contribution < -0.4 is 10.1 Å². The summed E-state index contributed by atoms with van der Waals surface area (Å²) in [7, 11) is 1.71. The van der Waals surface area contributed by atoms with E-state index in [1.807, 2.05) is 25.3 Å². The van der Waals surface area contributed by atoms with Gasteiger partial charge in [-0.3, -0.25) is 9.98 Å². The van der Waals surface area contributed by atoms with Gasteiger partial charge in [-0.25, -0.2) is 0 Å². The fourth-order valence-electron chi connectivity index (χ4n) is 3.46. The molecule has 1 aromatic carbocycles. The smallest absolute Gasteiger partial charge is 0.193 e. The van der Waals surface area contributed by atoms with Gasteiger partial charge in [0.25, 0.3) is 0 Å². The van der Waals surface area contributed by atoms with Gasteiger partial charge in [0.1, 0.15) is 5.75 Å². The Labute approximate surface area is 185 Å². The second-order valence-electron chi connectivity index (χ2n) is 7.00. The fraction of sp³-hybridized carbons (Fsp3) is 0.455. The second-order valence-corrected chi connectivity index (χ2v) is 7.00. The molecule has 5 nitrogen and oxygen atoms in total. The highest BCUT2D eigenvalue weighted by molar-refractivity contribution is 14.0. The zero-order valence-corrected chi connectivity index (χ0v) is 19.3. The molecule has 0 radical (unpaired) electrons. The molecule has 6 heteroatoms. The number of nitrogens with one attached hydrogen (secondary N) is 1. The number of hydrogen-bond donors (Lipinski definition) is 1. The van der Waals surface area contributed by atoms with Crippen LogP contribution in [-0.2, 0) is 6.42 Å². The molecule has 0 aliphatic carbocycles. The van der Waals surface area contributed by atoms with Crippen molar-refractivity contribution in [3.8, 4) is 5.75 Å². The maximum atomic E-state index is 5.27. The second kappa shape index (κ2) is 11.2. The third-order valence-corrected chi connectivity index (χ3v) is 5.04. The molecule has 0 saturated carbocycles. The SMILES string of the molecule is CCNC(=NCCc1ccc(C)nc1)N1CCC(c2ccc(OC)cc2)C1.I. The highest BCUT2D eigenvalue weighted by atomic mass is 127. The Bertz CT molecular complexity index is 746. The zero-order valence-electron chi connectivity index (χ0n) is 17.0. The normalized spacial score (nSPS) is 16.6. The molecule has 1 atom stereocenters. The molecule has 2 aromatic rings. The number of ether oxygens (including phenoxy) is 1. The van der Waals surface area contributed by atoms with Crippen LogP contribution in [0.3, 0.4) is 0 Å². The Morgan fingerprint density at radius 3 is 2.68 bits per heavy atom. The molecule has 0 amide bonds. The molecule has 1 aliphatic rings. The highest BCUT2D eigenvalue weighted by Gasteiger charge is 2.26. The van der Waals surface area contributed by atoms with Gasteiger partial charge in [0.15, 0.2) is 5.96 Å². The maximum Gasteiger partial charge on any atom is 0.193 e. The van der Waals surface area contributed by atoms with Gasteiger partial charge in [0, 0.05) is 44.0 Å². The molecule has 3 rings (SSSR count). The first-order valence-electron chi connectivity index (χ1n) is 9.78. The van der Waals surface area contributed by atoms with Crippen molar-refractivity contribution >= 4 is 29.9 Å². The molecular weight excluding hydrogens is 463 g/mol. The molecule has 1 aromatic heterocycles. The molecular formula is C22H31IN4O. The van der Waals surface area contributed by atoms with Crippen molar-refractivity contribution in [3.05, 3.63) is 59.4 Å². The average Bonchev–Trinajstić information content (AvgIpc) is 3.19. The first-order valence-corrected chi connectivity index (χ1v) is 9.78. The average molecular weight is 494 g/mol. The first kappa shape index (κ1) is 22.5. The number of likely N-dealkylation sites (tertiary alicyclic amines) is 1. The lowest BCUT2D eigenvalue weighted by atomic mass is 9.98. The highest BCUT2D eigenvalue weighted by Crippen LogP contribution is 2.28. The van der Waals surface area contributed by atoms with Crippen molar-refractivity contribution in [2.45, 2.75) is 32.6 Å². The van der Waals surface area contributed by atoms with E-state index in [1.54, 1.807) is 7.11 Å². The van der Waals surface area contributed by atoms with Gasteiger partial charge in [-0.1, -0.05) is 18.2 Å². The molecule has 1 N–H and O–H groups in total. The van der Waals surface area contributed by atoms with Crippen LogP contribution in [0.5, 0.6) is 5.75 Å². The summed E-state index contributed by atoms with van der Waals surface area (Å²) in [5, 5.41) is 3.45. The van der Waals surface area contributed by atoms with Crippen LogP contribution in [0, 0.1) is 6.92 Å². The fourth-order valence-corrected chi connectivity index (χ4v) is 3.46. The van der Waals surface area contributed by atoms with Crippen LogP contribution in [0.1, 0.15) is 36.1 Å². The van der Waals surface area contributed by atoms with Crippen molar-refractivity contribution in [2.24, 2.45) is 4.99 Å². The number of aryl methyl sites for hydroxylation is 1. The van der Waals surface area contributed by atoms with Crippen molar-refractivity contribution in [2.75, 3.05) is 33.3 Å². The zero-order chi connectivity index (χ0) is 19.1. The number of methoxy groups -OCH3 is 1. The van der Waals surface area contributed by atoms with Crippen molar-refractivity contribution in [3.63, 3.8) is 0 Å². The van der Waals surface area contributed by atoms with E-state index < -0.39 is 0 Å². The standard InChI is InChI=1S/C22H30N4O.HI/c1-4-23-22(24-13-11-18-6-5-17(2)25-15-18)26-14-12-20(16-26)19-7-9-21(27-3)10-8-19;/h5-10,15,20H,4,11-14,16H2,1-3H3,(H,23,24);1H. The topological polar surface area (TPSA) is 49.8 Å². The predicted molar refractivity (Wildman–Crippen MR) is 126 cm³/mol. The van der Waals surface area contributed by atoms with E-state index in [9.17, 15) is 0 Å². The summed E-state index contributed by atoms with van der Waals surface area (Å²) in [6.07, 6.45) is 4.02. The number of nitrogens with zero attached hydrogens (tertiary/aromatic N) is 3. The third kappa shape index (κ3) is 6.09. The molecule has 28 heavy (non-hydrogen) atoms. The summed E-state index contributed by atoms with van der Waals surface area (Å²) in [6.45, 7) is 7.83. The van der Waals surface area contributed by atoms with Crippen molar-refractivity contribution in [1.82, 2.24) is 15.2 Å². The van der Waals surface area contributed by atoms with Gasteiger partial charge in [0.05, 0.1) is 7.11 Å². The van der Waals surface area contributed by atoms with E-state index >= 15 is 0 Å². The number of guanidine groups is 1. The molecule has 1 aliphatic heterocycles. The Kier molecular flexibility index (Phi) is 9.02. The quantitative estimate of drug-likeness (QED) is 0.375. The minimum absolute atomic E-state index is 0. The van der Waals surface area contributed by atoms with E-state index in [1.165, 1.54) is 11.1 Å². The minimum Gasteiger partial charge on any atom is -0.497 e. The number of aromatic nitrogens is 1. The van der Waals surface area contributed by atoms with Crippen LogP contribution in [-0.4, -0.2) is 49.1 Å².